The van der Waals surface area contributed by atoms with E-state index in [-0.39, 0.29) is 0 Å². The SMILES string of the molecule is Cc1cccc(-c2nc(CN(CCc3cccc4ccccc34)C(C)C)[nH]c2-c2ccc3ncnn3c2)n1. The number of imidazole rings is 1. The van der Waals surface area contributed by atoms with E-state index in [2.05, 4.69) is 82.3 Å². The number of benzene rings is 2. The van der Waals surface area contributed by atoms with E-state index in [0.717, 1.165) is 52.8 Å². The number of rotatable bonds is 8. The number of aromatic amines is 1. The molecular formula is C31H31N7. The van der Waals surface area contributed by atoms with Crippen molar-refractivity contribution in [3.8, 4) is 22.6 Å². The Kier molecular flexibility index (Phi) is 6.43. The maximum atomic E-state index is 5.09. The minimum Gasteiger partial charge on any atom is -0.340 e. The van der Waals surface area contributed by atoms with Gasteiger partial charge < -0.3 is 4.98 Å². The van der Waals surface area contributed by atoms with Gasteiger partial charge in [-0.2, -0.15) is 5.10 Å². The molecule has 0 saturated heterocycles. The molecule has 0 amide bonds. The summed E-state index contributed by atoms with van der Waals surface area (Å²) in [6, 6.07) is 25.6. The van der Waals surface area contributed by atoms with Gasteiger partial charge in [0.25, 0.3) is 0 Å². The van der Waals surface area contributed by atoms with Crippen LogP contribution in [0.4, 0.5) is 0 Å². The molecular weight excluding hydrogens is 470 g/mol. The van der Waals surface area contributed by atoms with Gasteiger partial charge in [-0.05, 0) is 67.8 Å². The van der Waals surface area contributed by atoms with Crippen LogP contribution in [0.2, 0.25) is 0 Å². The molecule has 0 bridgehead atoms. The van der Waals surface area contributed by atoms with Gasteiger partial charge in [0.05, 0.1) is 17.9 Å². The van der Waals surface area contributed by atoms with Crippen LogP contribution >= 0.6 is 0 Å². The molecule has 0 spiro atoms. The average Bonchev–Trinajstić information content (AvgIpc) is 3.57. The van der Waals surface area contributed by atoms with Gasteiger partial charge in [-0.25, -0.2) is 14.5 Å². The van der Waals surface area contributed by atoms with Crippen LogP contribution in [0.25, 0.3) is 39.1 Å². The summed E-state index contributed by atoms with van der Waals surface area (Å²) in [7, 11) is 0. The molecule has 0 aliphatic rings. The van der Waals surface area contributed by atoms with Crippen molar-refractivity contribution in [1.29, 1.82) is 0 Å². The molecule has 4 aromatic heterocycles. The van der Waals surface area contributed by atoms with Gasteiger partial charge in [-0.3, -0.25) is 9.88 Å². The Morgan fingerprint density at radius 3 is 2.63 bits per heavy atom. The monoisotopic (exact) mass is 501 g/mol. The van der Waals surface area contributed by atoms with Gasteiger partial charge in [0.2, 0.25) is 0 Å². The molecule has 0 unspecified atom stereocenters. The molecule has 6 rings (SSSR count). The van der Waals surface area contributed by atoms with E-state index in [4.69, 9.17) is 9.97 Å². The average molecular weight is 502 g/mol. The highest BCUT2D eigenvalue weighted by atomic mass is 15.3. The summed E-state index contributed by atoms with van der Waals surface area (Å²) in [6.45, 7) is 8.15. The van der Waals surface area contributed by atoms with Gasteiger partial charge in [-0.15, -0.1) is 0 Å². The normalized spacial score (nSPS) is 11.8. The molecule has 0 radical (unpaired) electrons. The van der Waals surface area contributed by atoms with Crippen molar-refractivity contribution in [3.63, 3.8) is 0 Å². The molecule has 0 atom stereocenters. The van der Waals surface area contributed by atoms with Crippen LogP contribution in [0.5, 0.6) is 0 Å². The zero-order chi connectivity index (χ0) is 26.1. The molecule has 190 valence electrons. The zero-order valence-electron chi connectivity index (χ0n) is 22.0. The Bertz CT molecular complexity index is 1710. The molecule has 2 aromatic carbocycles. The third kappa shape index (κ3) is 4.80. The maximum Gasteiger partial charge on any atom is 0.155 e. The molecule has 0 fully saturated rings. The number of nitrogens with zero attached hydrogens (tertiary/aromatic N) is 6. The summed E-state index contributed by atoms with van der Waals surface area (Å²) in [6.07, 6.45) is 4.53. The van der Waals surface area contributed by atoms with Gasteiger partial charge in [-0.1, -0.05) is 48.5 Å². The molecule has 0 aliphatic heterocycles. The summed E-state index contributed by atoms with van der Waals surface area (Å²) < 4.78 is 1.79. The van der Waals surface area contributed by atoms with Gasteiger partial charge >= 0.3 is 0 Å². The van der Waals surface area contributed by atoms with E-state index in [0.29, 0.717) is 12.6 Å². The van der Waals surface area contributed by atoms with Crippen LogP contribution in [0, 0.1) is 6.92 Å². The Labute approximate surface area is 222 Å². The van der Waals surface area contributed by atoms with Crippen molar-refractivity contribution >= 4 is 16.4 Å². The summed E-state index contributed by atoms with van der Waals surface area (Å²) in [5, 5.41) is 6.94. The number of aromatic nitrogens is 6. The van der Waals surface area contributed by atoms with Gasteiger partial charge in [0, 0.05) is 30.0 Å². The number of pyridine rings is 2. The quantitative estimate of drug-likeness (QED) is 0.273. The number of nitrogens with one attached hydrogen (secondary N) is 1. The largest absolute Gasteiger partial charge is 0.340 e. The molecule has 1 N–H and O–H groups in total. The second-order valence-electron chi connectivity index (χ2n) is 10.0. The Balaban J connectivity index is 1.32. The van der Waals surface area contributed by atoms with E-state index in [1.54, 1.807) is 10.8 Å². The van der Waals surface area contributed by atoms with Crippen molar-refractivity contribution in [2.75, 3.05) is 6.54 Å². The van der Waals surface area contributed by atoms with E-state index < -0.39 is 0 Å². The second-order valence-corrected chi connectivity index (χ2v) is 10.0. The van der Waals surface area contributed by atoms with E-state index >= 15 is 0 Å². The second kappa shape index (κ2) is 10.2. The fourth-order valence-corrected chi connectivity index (χ4v) is 5.02. The van der Waals surface area contributed by atoms with Crippen LogP contribution in [0.15, 0.2) is 85.3 Å². The molecule has 7 nitrogen and oxygen atoms in total. The van der Waals surface area contributed by atoms with Crippen molar-refractivity contribution in [3.05, 3.63) is 102 Å². The first-order valence-electron chi connectivity index (χ1n) is 13.1. The molecule has 4 heterocycles. The number of hydrogen-bond donors (Lipinski definition) is 1. The molecule has 0 saturated carbocycles. The highest BCUT2D eigenvalue weighted by molar-refractivity contribution is 5.85. The van der Waals surface area contributed by atoms with Crippen LogP contribution < -0.4 is 0 Å². The first kappa shape index (κ1) is 24.0. The van der Waals surface area contributed by atoms with E-state index in [1.165, 1.54) is 16.3 Å². The van der Waals surface area contributed by atoms with Crippen LogP contribution in [-0.2, 0) is 13.0 Å². The number of fused-ring (bicyclic) bond motifs is 2. The fourth-order valence-electron chi connectivity index (χ4n) is 5.02. The molecule has 7 heteroatoms. The van der Waals surface area contributed by atoms with Crippen molar-refractivity contribution in [2.24, 2.45) is 0 Å². The lowest BCUT2D eigenvalue weighted by Gasteiger charge is -2.25. The van der Waals surface area contributed by atoms with Crippen LogP contribution in [0.1, 0.15) is 30.9 Å². The molecule has 38 heavy (non-hydrogen) atoms. The minimum atomic E-state index is 0.366. The lowest BCUT2D eigenvalue weighted by Crippen LogP contribution is -2.32. The minimum absolute atomic E-state index is 0.366. The summed E-state index contributed by atoms with van der Waals surface area (Å²) in [5.74, 6) is 0.920. The zero-order valence-corrected chi connectivity index (χ0v) is 22.0. The highest BCUT2D eigenvalue weighted by Gasteiger charge is 2.19. The lowest BCUT2D eigenvalue weighted by molar-refractivity contribution is 0.211. The maximum absolute atomic E-state index is 5.09. The number of aryl methyl sites for hydroxylation is 1. The Hall–Kier alpha value is -4.36. The fraction of sp³-hybridized carbons (Fsp3) is 0.226. The van der Waals surface area contributed by atoms with Crippen molar-refractivity contribution in [2.45, 2.75) is 39.8 Å². The topological polar surface area (TPSA) is 75.0 Å². The van der Waals surface area contributed by atoms with Gasteiger partial charge in [0.1, 0.15) is 17.8 Å². The van der Waals surface area contributed by atoms with E-state index in [1.807, 2.05) is 37.4 Å². The van der Waals surface area contributed by atoms with E-state index in [9.17, 15) is 0 Å². The highest BCUT2D eigenvalue weighted by Crippen LogP contribution is 2.30. The van der Waals surface area contributed by atoms with Crippen molar-refractivity contribution < 1.29 is 0 Å². The smallest absolute Gasteiger partial charge is 0.155 e. The summed E-state index contributed by atoms with van der Waals surface area (Å²) in [4.78, 5) is 20.3. The Morgan fingerprint density at radius 2 is 1.76 bits per heavy atom. The molecule has 6 aromatic rings. The van der Waals surface area contributed by atoms with Crippen LogP contribution in [-0.4, -0.2) is 47.0 Å². The summed E-state index contributed by atoms with van der Waals surface area (Å²) >= 11 is 0. The standard InChI is InChI=1S/C31H31N7/c1-21(2)37(17-16-24-11-7-10-23-9-4-5-12-26(23)24)19-28-35-30(25-14-15-29-32-20-33-38(29)18-25)31(36-28)27-13-6-8-22(3)34-27/h4-15,18,20-21H,16-17,19H2,1-3H3,(H,35,36). The molecule has 0 aliphatic carbocycles. The number of H-pyrrole nitrogens is 1. The third-order valence-corrected chi connectivity index (χ3v) is 7.08. The van der Waals surface area contributed by atoms with Crippen molar-refractivity contribution in [1.82, 2.24) is 34.4 Å². The first-order valence-corrected chi connectivity index (χ1v) is 13.1. The Morgan fingerprint density at radius 1 is 0.921 bits per heavy atom. The van der Waals surface area contributed by atoms with Gasteiger partial charge in [0.15, 0.2) is 5.65 Å². The summed E-state index contributed by atoms with van der Waals surface area (Å²) in [5.41, 5.74) is 6.78. The lowest BCUT2D eigenvalue weighted by atomic mass is 10.0. The predicted octanol–water partition coefficient (Wildman–Crippen LogP) is 6.10. The first-order chi connectivity index (χ1) is 18.5. The van der Waals surface area contributed by atoms with Crippen LogP contribution in [0.3, 0.4) is 0 Å². The number of hydrogen-bond acceptors (Lipinski definition) is 5. The third-order valence-electron chi connectivity index (χ3n) is 7.08. The predicted molar refractivity (Wildman–Crippen MR) is 152 cm³/mol.